The van der Waals surface area contributed by atoms with Gasteiger partial charge in [0.1, 0.15) is 0 Å². The van der Waals surface area contributed by atoms with Crippen LogP contribution in [0.15, 0.2) is 4.42 Å². The van der Waals surface area contributed by atoms with Crippen molar-refractivity contribution in [2.45, 2.75) is 26.3 Å². The number of carbonyl (C=O) groups is 1. The van der Waals surface area contributed by atoms with Crippen molar-refractivity contribution in [3.05, 3.63) is 11.8 Å². The predicted molar refractivity (Wildman–Crippen MR) is 61.1 cm³/mol. The molecule has 0 saturated carbocycles. The highest BCUT2D eigenvalue weighted by Crippen LogP contribution is 2.18. The Morgan fingerprint density at radius 1 is 1.47 bits per heavy atom. The molecule has 6 heteroatoms. The molecule has 0 spiro atoms. The summed E-state index contributed by atoms with van der Waals surface area (Å²) in [7, 11) is 1.69. The number of aryl methyl sites for hydroxylation is 1. The van der Waals surface area contributed by atoms with E-state index < -0.39 is 0 Å². The second-order valence-electron chi connectivity index (χ2n) is 4.38. The molecular weight excluding hydrogens is 220 g/mol. The van der Waals surface area contributed by atoms with Gasteiger partial charge in [-0.25, -0.2) is 0 Å². The Kier molecular flexibility index (Phi) is 3.73. The highest BCUT2D eigenvalue weighted by atomic mass is 16.4. The van der Waals surface area contributed by atoms with E-state index in [1.807, 2.05) is 0 Å². The van der Waals surface area contributed by atoms with Crippen LogP contribution in [0.5, 0.6) is 0 Å². The first-order valence-electron chi connectivity index (χ1n) is 5.92. The number of aromatic nitrogens is 2. The molecule has 0 radical (unpaired) electrons. The van der Waals surface area contributed by atoms with Crippen LogP contribution < -0.4 is 5.32 Å². The van der Waals surface area contributed by atoms with E-state index in [0.717, 1.165) is 25.9 Å². The standard InChI is InChI=1S/C11H18N4O2/c1-8-13-14-10(17-8)7-15-5-3-9(4-6-15)11(16)12-2/h9H,3-7H2,1-2H3,(H,12,16). The Hall–Kier alpha value is -1.43. The number of nitrogens with one attached hydrogen (secondary N) is 1. The van der Waals surface area contributed by atoms with E-state index >= 15 is 0 Å². The second kappa shape index (κ2) is 5.27. The molecule has 0 unspecified atom stereocenters. The monoisotopic (exact) mass is 238 g/mol. The fourth-order valence-corrected chi connectivity index (χ4v) is 2.15. The Morgan fingerprint density at radius 2 is 2.18 bits per heavy atom. The zero-order chi connectivity index (χ0) is 12.3. The summed E-state index contributed by atoms with van der Waals surface area (Å²) >= 11 is 0. The molecule has 2 rings (SSSR count). The first-order chi connectivity index (χ1) is 8.19. The maximum absolute atomic E-state index is 11.5. The van der Waals surface area contributed by atoms with Crippen molar-refractivity contribution >= 4 is 5.91 Å². The molecule has 17 heavy (non-hydrogen) atoms. The van der Waals surface area contributed by atoms with Gasteiger partial charge in [0.15, 0.2) is 0 Å². The van der Waals surface area contributed by atoms with Gasteiger partial charge in [-0.05, 0) is 25.9 Å². The zero-order valence-electron chi connectivity index (χ0n) is 10.3. The van der Waals surface area contributed by atoms with Crippen LogP contribution >= 0.6 is 0 Å². The topological polar surface area (TPSA) is 71.3 Å². The van der Waals surface area contributed by atoms with Crippen molar-refractivity contribution < 1.29 is 9.21 Å². The van der Waals surface area contributed by atoms with Crippen molar-refractivity contribution in [3.63, 3.8) is 0 Å². The van der Waals surface area contributed by atoms with Gasteiger partial charge in [-0.2, -0.15) is 0 Å². The first kappa shape index (κ1) is 12.0. The normalized spacial score (nSPS) is 18.2. The minimum absolute atomic E-state index is 0.151. The van der Waals surface area contributed by atoms with E-state index in [1.54, 1.807) is 14.0 Å². The molecule has 0 aromatic carbocycles. The van der Waals surface area contributed by atoms with Crippen LogP contribution in [-0.4, -0.2) is 41.1 Å². The molecule has 0 atom stereocenters. The summed E-state index contributed by atoms with van der Waals surface area (Å²) in [6, 6.07) is 0. The molecule has 2 heterocycles. The van der Waals surface area contributed by atoms with Gasteiger partial charge in [-0.3, -0.25) is 9.69 Å². The predicted octanol–water partition coefficient (Wildman–Crippen LogP) is 0.336. The van der Waals surface area contributed by atoms with Crippen LogP contribution in [0.2, 0.25) is 0 Å². The fourth-order valence-electron chi connectivity index (χ4n) is 2.15. The molecule has 1 amide bonds. The Labute approximate surface area is 100 Å². The van der Waals surface area contributed by atoms with Gasteiger partial charge in [0.2, 0.25) is 17.7 Å². The van der Waals surface area contributed by atoms with E-state index in [1.165, 1.54) is 0 Å². The van der Waals surface area contributed by atoms with Crippen LogP contribution in [0.1, 0.15) is 24.6 Å². The molecule has 1 fully saturated rings. The van der Waals surface area contributed by atoms with Gasteiger partial charge in [-0.1, -0.05) is 0 Å². The van der Waals surface area contributed by atoms with Crippen LogP contribution in [0.3, 0.4) is 0 Å². The molecule has 1 aromatic rings. The van der Waals surface area contributed by atoms with Crippen LogP contribution in [-0.2, 0) is 11.3 Å². The van der Waals surface area contributed by atoms with Crippen molar-refractivity contribution in [1.82, 2.24) is 20.4 Å². The minimum Gasteiger partial charge on any atom is -0.424 e. The third-order valence-corrected chi connectivity index (χ3v) is 3.13. The van der Waals surface area contributed by atoms with E-state index in [9.17, 15) is 4.79 Å². The zero-order valence-corrected chi connectivity index (χ0v) is 10.3. The molecule has 0 aliphatic carbocycles. The Morgan fingerprint density at radius 3 is 2.71 bits per heavy atom. The number of likely N-dealkylation sites (tertiary alicyclic amines) is 1. The lowest BCUT2D eigenvalue weighted by Crippen LogP contribution is -2.39. The molecule has 1 aliphatic heterocycles. The summed E-state index contributed by atoms with van der Waals surface area (Å²) in [4.78, 5) is 13.7. The van der Waals surface area contributed by atoms with Crippen molar-refractivity contribution in [1.29, 1.82) is 0 Å². The summed E-state index contributed by atoms with van der Waals surface area (Å²) in [5, 5.41) is 10.5. The number of hydrogen-bond donors (Lipinski definition) is 1. The van der Waals surface area contributed by atoms with Gasteiger partial charge in [0.25, 0.3) is 0 Å². The van der Waals surface area contributed by atoms with E-state index in [0.29, 0.717) is 18.3 Å². The number of rotatable bonds is 3. The van der Waals surface area contributed by atoms with Crippen LogP contribution in [0, 0.1) is 12.8 Å². The van der Waals surface area contributed by atoms with Gasteiger partial charge in [0.05, 0.1) is 6.54 Å². The highest BCUT2D eigenvalue weighted by molar-refractivity contribution is 5.78. The van der Waals surface area contributed by atoms with Crippen molar-refractivity contribution in [3.8, 4) is 0 Å². The van der Waals surface area contributed by atoms with Gasteiger partial charge in [0, 0.05) is 19.9 Å². The molecule has 1 N–H and O–H groups in total. The summed E-state index contributed by atoms with van der Waals surface area (Å²) in [6.07, 6.45) is 1.79. The summed E-state index contributed by atoms with van der Waals surface area (Å²) in [5.41, 5.74) is 0. The van der Waals surface area contributed by atoms with Crippen molar-refractivity contribution in [2.75, 3.05) is 20.1 Å². The smallest absolute Gasteiger partial charge is 0.230 e. The minimum atomic E-state index is 0.151. The largest absolute Gasteiger partial charge is 0.424 e. The average molecular weight is 238 g/mol. The molecular formula is C11H18N4O2. The van der Waals surface area contributed by atoms with Crippen LogP contribution in [0.4, 0.5) is 0 Å². The number of carbonyl (C=O) groups excluding carboxylic acids is 1. The van der Waals surface area contributed by atoms with Gasteiger partial charge < -0.3 is 9.73 Å². The summed E-state index contributed by atoms with van der Waals surface area (Å²) < 4.78 is 5.34. The number of hydrogen-bond acceptors (Lipinski definition) is 5. The highest BCUT2D eigenvalue weighted by Gasteiger charge is 2.24. The maximum atomic E-state index is 11.5. The molecule has 1 saturated heterocycles. The lowest BCUT2D eigenvalue weighted by atomic mass is 9.96. The number of amides is 1. The van der Waals surface area contributed by atoms with E-state index in [4.69, 9.17) is 4.42 Å². The van der Waals surface area contributed by atoms with Gasteiger partial charge >= 0.3 is 0 Å². The summed E-state index contributed by atoms with van der Waals surface area (Å²) in [6.45, 7) is 4.27. The third kappa shape index (κ3) is 3.03. The van der Waals surface area contributed by atoms with E-state index in [-0.39, 0.29) is 11.8 Å². The maximum Gasteiger partial charge on any atom is 0.230 e. The molecule has 94 valence electrons. The average Bonchev–Trinajstić information content (AvgIpc) is 2.75. The second-order valence-corrected chi connectivity index (χ2v) is 4.38. The first-order valence-corrected chi connectivity index (χ1v) is 5.92. The lowest BCUT2D eigenvalue weighted by molar-refractivity contribution is -0.125. The summed E-state index contributed by atoms with van der Waals surface area (Å²) in [5.74, 6) is 1.56. The van der Waals surface area contributed by atoms with Gasteiger partial charge in [-0.15, -0.1) is 10.2 Å². The molecule has 1 aromatic heterocycles. The Balaban J connectivity index is 1.81. The fraction of sp³-hybridized carbons (Fsp3) is 0.727. The molecule has 0 bridgehead atoms. The molecule has 6 nitrogen and oxygen atoms in total. The quantitative estimate of drug-likeness (QED) is 0.822. The number of piperidine rings is 1. The lowest BCUT2D eigenvalue weighted by Gasteiger charge is -2.29. The van der Waals surface area contributed by atoms with Crippen LogP contribution in [0.25, 0.3) is 0 Å². The molecule has 1 aliphatic rings. The Bertz CT molecular complexity index is 383. The van der Waals surface area contributed by atoms with E-state index in [2.05, 4.69) is 20.4 Å². The third-order valence-electron chi connectivity index (χ3n) is 3.13. The van der Waals surface area contributed by atoms with Crippen molar-refractivity contribution in [2.24, 2.45) is 5.92 Å². The SMILES string of the molecule is CNC(=O)C1CCN(Cc2nnc(C)o2)CC1. The number of nitrogens with zero attached hydrogens (tertiary/aromatic N) is 3.